The zero-order valence-electron chi connectivity index (χ0n) is 20.6. The molecule has 2 heteroatoms. The third kappa shape index (κ3) is 6.22. The normalized spacial score (nSPS) is 22.7. The standard InChI is InChI=1S/C28H44O2/c1-8-10-12-15-28(16-13-11-14-22(3)19-25(29)30-9-2)20-23-24(21-28)27(6,7)18-17-26(23,4)5/h11,13-14,16,19H,8-10,12,15,17-18,20-21H2,1-7H3/b14-11+,16-13+,22-19-. The second kappa shape index (κ2) is 10.2. The van der Waals surface area contributed by atoms with E-state index in [-0.39, 0.29) is 11.4 Å². The lowest BCUT2D eigenvalue weighted by molar-refractivity contribution is -0.137. The number of ether oxygens (including phenoxy) is 1. The van der Waals surface area contributed by atoms with Crippen LogP contribution in [-0.4, -0.2) is 12.6 Å². The van der Waals surface area contributed by atoms with Gasteiger partial charge in [-0.15, -0.1) is 0 Å². The molecule has 0 aromatic rings. The van der Waals surface area contributed by atoms with Crippen LogP contribution in [0.15, 0.2) is 47.1 Å². The maximum absolute atomic E-state index is 11.6. The van der Waals surface area contributed by atoms with Gasteiger partial charge in [-0.3, -0.25) is 0 Å². The molecule has 0 bridgehead atoms. The van der Waals surface area contributed by atoms with Crippen molar-refractivity contribution in [2.24, 2.45) is 16.2 Å². The Labute approximate surface area is 185 Å². The fraction of sp³-hybridized carbons (Fsp3) is 0.679. The number of hydrogen-bond donors (Lipinski definition) is 0. The van der Waals surface area contributed by atoms with Gasteiger partial charge in [0, 0.05) is 6.08 Å². The summed E-state index contributed by atoms with van der Waals surface area (Å²) in [6.45, 7) is 16.3. The van der Waals surface area contributed by atoms with E-state index in [2.05, 4.69) is 52.8 Å². The molecule has 0 atom stereocenters. The van der Waals surface area contributed by atoms with Gasteiger partial charge < -0.3 is 4.74 Å². The molecule has 0 saturated heterocycles. The van der Waals surface area contributed by atoms with Crippen molar-refractivity contribution in [2.45, 2.75) is 99.8 Å². The smallest absolute Gasteiger partial charge is 0.330 e. The summed E-state index contributed by atoms with van der Waals surface area (Å²) in [6.07, 6.45) is 20.5. The van der Waals surface area contributed by atoms with Gasteiger partial charge in [0.05, 0.1) is 6.61 Å². The summed E-state index contributed by atoms with van der Waals surface area (Å²) in [7, 11) is 0. The predicted molar refractivity (Wildman–Crippen MR) is 128 cm³/mol. The molecule has 2 aliphatic carbocycles. The molecule has 0 radical (unpaired) electrons. The van der Waals surface area contributed by atoms with Gasteiger partial charge in [-0.2, -0.15) is 0 Å². The van der Waals surface area contributed by atoms with Gasteiger partial charge in [0.2, 0.25) is 0 Å². The maximum Gasteiger partial charge on any atom is 0.330 e. The molecule has 0 unspecified atom stereocenters. The average molecular weight is 413 g/mol. The molecule has 168 valence electrons. The van der Waals surface area contributed by atoms with E-state index in [1.807, 2.05) is 19.9 Å². The SMILES string of the molecule is CCCCCC1(/C=C/C=C/C(C)=C\C(=O)OCC)CC2=C(C1)C(C)(C)CCC2(C)C. The molecule has 2 aliphatic rings. The Morgan fingerprint density at radius 1 is 0.967 bits per heavy atom. The summed E-state index contributed by atoms with van der Waals surface area (Å²) in [5, 5.41) is 0. The van der Waals surface area contributed by atoms with Crippen LogP contribution in [-0.2, 0) is 9.53 Å². The fourth-order valence-corrected chi connectivity index (χ4v) is 5.19. The third-order valence-electron chi connectivity index (χ3n) is 7.26. The van der Waals surface area contributed by atoms with E-state index >= 15 is 0 Å². The zero-order valence-corrected chi connectivity index (χ0v) is 20.6. The summed E-state index contributed by atoms with van der Waals surface area (Å²) < 4.78 is 4.99. The second-order valence-corrected chi connectivity index (χ2v) is 10.8. The Hall–Kier alpha value is -1.57. The van der Waals surface area contributed by atoms with Crippen LogP contribution in [0.1, 0.15) is 99.8 Å². The largest absolute Gasteiger partial charge is 0.463 e. The molecular formula is C28H44O2. The van der Waals surface area contributed by atoms with Gasteiger partial charge in [-0.25, -0.2) is 4.79 Å². The van der Waals surface area contributed by atoms with Crippen LogP contribution in [0.4, 0.5) is 0 Å². The Bertz CT molecular complexity index is 700. The number of rotatable bonds is 9. The Morgan fingerprint density at radius 2 is 1.57 bits per heavy atom. The van der Waals surface area contributed by atoms with E-state index in [1.54, 1.807) is 17.2 Å². The summed E-state index contributed by atoms with van der Waals surface area (Å²) in [4.78, 5) is 11.6. The first kappa shape index (κ1) is 24.7. The molecule has 0 amide bonds. The number of allylic oxidation sites excluding steroid dienone is 7. The first-order chi connectivity index (χ1) is 14.1. The molecule has 30 heavy (non-hydrogen) atoms. The quantitative estimate of drug-likeness (QED) is 0.126. The fourth-order valence-electron chi connectivity index (χ4n) is 5.19. The van der Waals surface area contributed by atoms with Gasteiger partial charge >= 0.3 is 5.97 Å². The van der Waals surface area contributed by atoms with Gasteiger partial charge in [0.1, 0.15) is 0 Å². The van der Waals surface area contributed by atoms with Gasteiger partial charge in [0.25, 0.3) is 0 Å². The highest BCUT2D eigenvalue weighted by Crippen LogP contribution is 2.61. The lowest BCUT2D eigenvalue weighted by Gasteiger charge is -2.41. The van der Waals surface area contributed by atoms with Crippen molar-refractivity contribution in [1.29, 1.82) is 0 Å². The Kier molecular flexibility index (Phi) is 8.36. The van der Waals surface area contributed by atoms with Crippen molar-refractivity contribution in [3.8, 4) is 0 Å². The van der Waals surface area contributed by atoms with Crippen LogP contribution >= 0.6 is 0 Å². The number of unbranched alkanes of at least 4 members (excludes halogenated alkanes) is 2. The van der Waals surface area contributed by atoms with Crippen LogP contribution in [0.2, 0.25) is 0 Å². The van der Waals surface area contributed by atoms with E-state index < -0.39 is 0 Å². The Balaban J connectivity index is 2.20. The molecular weight excluding hydrogens is 368 g/mol. The monoisotopic (exact) mass is 412 g/mol. The first-order valence-corrected chi connectivity index (χ1v) is 12.0. The third-order valence-corrected chi connectivity index (χ3v) is 7.26. The van der Waals surface area contributed by atoms with Gasteiger partial charge in [0.15, 0.2) is 0 Å². The summed E-state index contributed by atoms with van der Waals surface area (Å²) in [5.41, 5.74) is 5.32. The van der Waals surface area contributed by atoms with E-state index in [0.29, 0.717) is 17.4 Å². The topological polar surface area (TPSA) is 26.3 Å². The summed E-state index contributed by atoms with van der Waals surface area (Å²) in [5.74, 6) is -0.267. The number of carbonyl (C=O) groups excluding carboxylic acids is 1. The highest BCUT2D eigenvalue weighted by molar-refractivity contribution is 5.83. The second-order valence-electron chi connectivity index (χ2n) is 10.8. The summed E-state index contributed by atoms with van der Waals surface area (Å²) in [6, 6.07) is 0. The van der Waals surface area contributed by atoms with Crippen LogP contribution in [0.25, 0.3) is 0 Å². The van der Waals surface area contributed by atoms with Crippen molar-refractivity contribution >= 4 is 5.97 Å². The number of esters is 1. The molecule has 0 aromatic heterocycles. The maximum atomic E-state index is 11.6. The van der Waals surface area contributed by atoms with Crippen molar-refractivity contribution in [3.63, 3.8) is 0 Å². The van der Waals surface area contributed by atoms with E-state index in [9.17, 15) is 4.79 Å². The minimum atomic E-state index is -0.267. The molecule has 2 rings (SSSR count). The summed E-state index contributed by atoms with van der Waals surface area (Å²) >= 11 is 0. The van der Waals surface area contributed by atoms with Crippen LogP contribution in [0, 0.1) is 16.2 Å². The van der Waals surface area contributed by atoms with Crippen LogP contribution in [0.3, 0.4) is 0 Å². The van der Waals surface area contributed by atoms with Crippen molar-refractivity contribution in [1.82, 2.24) is 0 Å². The van der Waals surface area contributed by atoms with Crippen LogP contribution in [0.5, 0.6) is 0 Å². The average Bonchev–Trinajstić information content (AvgIpc) is 3.06. The molecule has 0 fully saturated rings. The molecule has 0 aliphatic heterocycles. The highest BCUT2D eigenvalue weighted by Gasteiger charge is 2.48. The molecule has 0 saturated carbocycles. The molecule has 0 heterocycles. The van der Waals surface area contributed by atoms with Crippen molar-refractivity contribution in [3.05, 3.63) is 47.1 Å². The van der Waals surface area contributed by atoms with Gasteiger partial charge in [-0.1, -0.05) is 89.3 Å². The van der Waals surface area contributed by atoms with Gasteiger partial charge in [-0.05, 0) is 67.8 Å². The highest BCUT2D eigenvalue weighted by atomic mass is 16.5. The minimum Gasteiger partial charge on any atom is -0.463 e. The molecule has 0 spiro atoms. The zero-order chi connectivity index (χ0) is 22.4. The molecule has 0 N–H and O–H groups in total. The number of hydrogen-bond acceptors (Lipinski definition) is 2. The van der Waals surface area contributed by atoms with E-state index in [1.165, 1.54) is 51.4 Å². The predicted octanol–water partition coefficient (Wildman–Crippen LogP) is 8.11. The molecule has 2 nitrogen and oxygen atoms in total. The lowest BCUT2D eigenvalue weighted by atomic mass is 9.64. The van der Waals surface area contributed by atoms with E-state index in [4.69, 9.17) is 4.74 Å². The number of carbonyl (C=O) groups is 1. The minimum absolute atomic E-state index is 0.252. The van der Waals surface area contributed by atoms with Crippen molar-refractivity contribution < 1.29 is 9.53 Å². The van der Waals surface area contributed by atoms with Crippen molar-refractivity contribution in [2.75, 3.05) is 6.61 Å². The van der Waals surface area contributed by atoms with Crippen LogP contribution < -0.4 is 0 Å². The molecule has 0 aromatic carbocycles. The first-order valence-electron chi connectivity index (χ1n) is 12.0. The Morgan fingerprint density at radius 3 is 2.10 bits per heavy atom. The van der Waals surface area contributed by atoms with E-state index in [0.717, 1.165) is 5.57 Å². The lowest BCUT2D eigenvalue weighted by Crippen LogP contribution is -2.28.